The minimum atomic E-state index is -1.09. The van der Waals surface area contributed by atoms with Gasteiger partial charge in [-0.2, -0.15) is 4.39 Å². The van der Waals surface area contributed by atoms with Gasteiger partial charge in [-0.05, 0) is 36.8 Å². The maximum atomic E-state index is 13.6. The average Bonchev–Trinajstić information content (AvgIpc) is 2.34. The summed E-state index contributed by atoms with van der Waals surface area (Å²) in [4.78, 5) is 0. The molecule has 0 saturated carbocycles. The van der Waals surface area contributed by atoms with E-state index in [9.17, 15) is 8.78 Å². The maximum absolute atomic E-state index is 13.6. The molecule has 0 bridgehead atoms. The quantitative estimate of drug-likeness (QED) is 0.833. The topological polar surface area (TPSA) is 35.2 Å². The van der Waals surface area contributed by atoms with Crippen molar-refractivity contribution in [3.8, 4) is 11.5 Å². The summed E-state index contributed by atoms with van der Waals surface area (Å²) >= 11 is 3.28. The Morgan fingerprint density at radius 2 is 1.89 bits per heavy atom. The smallest absolute Gasteiger partial charge is 0.203 e. The highest BCUT2D eigenvalue weighted by Gasteiger charge is 2.15. The van der Waals surface area contributed by atoms with Gasteiger partial charge in [0.15, 0.2) is 11.6 Å². The standard InChI is InChI=1S/C13H10BrF2NO/c1-7-2-3-8(14)6-11(7)18-13-10(17)5-4-9(15)12(13)16/h2-6H,17H2,1H3. The number of nitrogens with two attached hydrogens (primary N) is 1. The first-order chi connectivity index (χ1) is 8.49. The number of anilines is 1. The molecule has 0 saturated heterocycles. The van der Waals surface area contributed by atoms with Crippen molar-refractivity contribution in [1.82, 2.24) is 0 Å². The van der Waals surface area contributed by atoms with Gasteiger partial charge in [0.1, 0.15) is 5.75 Å². The molecule has 0 fully saturated rings. The van der Waals surface area contributed by atoms with Gasteiger partial charge < -0.3 is 10.5 Å². The first-order valence-electron chi connectivity index (χ1n) is 5.16. The molecule has 0 aliphatic carbocycles. The largest absolute Gasteiger partial charge is 0.452 e. The predicted octanol–water partition coefficient (Wildman–Crippen LogP) is 4.41. The van der Waals surface area contributed by atoms with Crippen LogP contribution in [0.1, 0.15) is 5.56 Å². The van der Waals surface area contributed by atoms with E-state index in [1.807, 2.05) is 6.07 Å². The summed E-state index contributed by atoms with van der Waals surface area (Å²) in [5.74, 6) is -1.96. The second-order valence-electron chi connectivity index (χ2n) is 3.79. The Labute approximate surface area is 112 Å². The Balaban J connectivity index is 2.46. The Bertz CT molecular complexity index is 602. The SMILES string of the molecule is Cc1ccc(Br)cc1Oc1c(N)ccc(F)c1F. The van der Waals surface area contributed by atoms with Gasteiger partial charge in [-0.25, -0.2) is 4.39 Å². The summed E-state index contributed by atoms with van der Waals surface area (Å²) in [5, 5.41) is 0. The van der Waals surface area contributed by atoms with Crippen LogP contribution in [0.25, 0.3) is 0 Å². The molecule has 18 heavy (non-hydrogen) atoms. The van der Waals surface area contributed by atoms with Gasteiger partial charge in [0.25, 0.3) is 0 Å². The third-order valence-corrected chi connectivity index (χ3v) is 2.94. The molecule has 0 unspecified atom stereocenters. The number of hydrogen-bond donors (Lipinski definition) is 1. The number of benzene rings is 2. The van der Waals surface area contributed by atoms with Gasteiger partial charge in [0.2, 0.25) is 5.82 Å². The molecule has 0 radical (unpaired) electrons. The Morgan fingerprint density at radius 1 is 1.17 bits per heavy atom. The molecular weight excluding hydrogens is 304 g/mol. The van der Waals surface area contributed by atoms with Crippen LogP contribution in [0.3, 0.4) is 0 Å². The second kappa shape index (κ2) is 4.94. The third-order valence-electron chi connectivity index (χ3n) is 2.44. The minimum Gasteiger partial charge on any atom is -0.452 e. The lowest BCUT2D eigenvalue weighted by Crippen LogP contribution is -1.98. The molecule has 0 atom stereocenters. The number of ether oxygens (including phenoxy) is 1. The lowest BCUT2D eigenvalue weighted by atomic mass is 10.2. The molecule has 94 valence electrons. The van der Waals surface area contributed by atoms with Crippen LogP contribution in [0.5, 0.6) is 11.5 Å². The molecule has 2 N–H and O–H groups in total. The van der Waals surface area contributed by atoms with Gasteiger partial charge in [-0.3, -0.25) is 0 Å². The molecule has 0 amide bonds. The van der Waals surface area contributed by atoms with Crippen molar-refractivity contribution in [1.29, 1.82) is 0 Å². The van der Waals surface area contributed by atoms with E-state index in [4.69, 9.17) is 10.5 Å². The Hall–Kier alpha value is -1.62. The van der Waals surface area contributed by atoms with Crippen LogP contribution in [0.15, 0.2) is 34.8 Å². The van der Waals surface area contributed by atoms with Crippen molar-refractivity contribution < 1.29 is 13.5 Å². The van der Waals surface area contributed by atoms with Crippen molar-refractivity contribution in [2.24, 2.45) is 0 Å². The van der Waals surface area contributed by atoms with Crippen molar-refractivity contribution >= 4 is 21.6 Å². The summed E-state index contributed by atoms with van der Waals surface area (Å²) in [6.45, 7) is 1.80. The lowest BCUT2D eigenvalue weighted by molar-refractivity contribution is 0.416. The van der Waals surface area contributed by atoms with Gasteiger partial charge in [0, 0.05) is 4.47 Å². The molecule has 0 aliphatic heterocycles. The minimum absolute atomic E-state index is 0.0493. The molecule has 2 rings (SSSR count). The summed E-state index contributed by atoms with van der Waals surface area (Å²) in [5.41, 5.74) is 6.43. The number of halogens is 3. The number of hydrogen-bond acceptors (Lipinski definition) is 2. The van der Waals surface area contributed by atoms with Crippen LogP contribution in [0.2, 0.25) is 0 Å². The lowest BCUT2D eigenvalue weighted by Gasteiger charge is -2.12. The number of aryl methyl sites for hydroxylation is 1. The van der Waals surface area contributed by atoms with Crippen LogP contribution in [0.4, 0.5) is 14.5 Å². The zero-order chi connectivity index (χ0) is 13.3. The summed E-state index contributed by atoms with van der Waals surface area (Å²) in [6, 6.07) is 7.52. The van der Waals surface area contributed by atoms with E-state index in [0.717, 1.165) is 16.1 Å². The zero-order valence-electron chi connectivity index (χ0n) is 9.51. The molecule has 0 aromatic heterocycles. The molecule has 2 aromatic rings. The molecule has 0 heterocycles. The number of rotatable bonds is 2. The van der Waals surface area contributed by atoms with E-state index in [1.54, 1.807) is 19.1 Å². The molecule has 0 aliphatic rings. The zero-order valence-corrected chi connectivity index (χ0v) is 11.1. The average molecular weight is 314 g/mol. The molecular formula is C13H10BrF2NO. The van der Waals surface area contributed by atoms with E-state index in [1.165, 1.54) is 6.07 Å². The monoisotopic (exact) mass is 313 g/mol. The van der Waals surface area contributed by atoms with E-state index >= 15 is 0 Å². The Morgan fingerprint density at radius 3 is 2.61 bits per heavy atom. The molecule has 2 nitrogen and oxygen atoms in total. The van der Waals surface area contributed by atoms with Crippen LogP contribution in [-0.2, 0) is 0 Å². The fourth-order valence-corrected chi connectivity index (χ4v) is 1.78. The fourth-order valence-electron chi connectivity index (χ4n) is 1.44. The molecule has 0 spiro atoms. The summed E-state index contributed by atoms with van der Waals surface area (Å²) in [7, 11) is 0. The third kappa shape index (κ3) is 2.46. The van der Waals surface area contributed by atoms with Gasteiger partial charge in [0.05, 0.1) is 5.69 Å². The van der Waals surface area contributed by atoms with Gasteiger partial charge >= 0.3 is 0 Å². The highest BCUT2D eigenvalue weighted by atomic mass is 79.9. The number of nitrogen functional groups attached to an aromatic ring is 1. The normalized spacial score (nSPS) is 10.4. The van der Waals surface area contributed by atoms with Crippen LogP contribution < -0.4 is 10.5 Å². The molecule has 5 heteroatoms. The van der Waals surface area contributed by atoms with Gasteiger partial charge in [-0.1, -0.05) is 22.0 Å². The van der Waals surface area contributed by atoms with Crippen molar-refractivity contribution in [2.45, 2.75) is 6.92 Å². The Kier molecular flexibility index (Phi) is 3.52. The maximum Gasteiger partial charge on any atom is 0.203 e. The van der Waals surface area contributed by atoms with E-state index < -0.39 is 11.6 Å². The first kappa shape index (κ1) is 12.8. The second-order valence-corrected chi connectivity index (χ2v) is 4.71. The summed E-state index contributed by atoms with van der Waals surface area (Å²) < 4.78 is 32.8. The fraction of sp³-hybridized carbons (Fsp3) is 0.0769. The van der Waals surface area contributed by atoms with Crippen LogP contribution in [0, 0.1) is 18.6 Å². The predicted molar refractivity (Wildman–Crippen MR) is 69.7 cm³/mol. The first-order valence-corrected chi connectivity index (χ1v) is 5.96. The van der Waals surface area contributed by atoms with Crippen molar-refractivity contribution in [2.75, 3.05) is 5.73 Å². The van der Waals surface area contributed by atoms with E-state index in [-0.39, 0.29) is 11.4 Å². The van der Waals surface area contributed by atoms with Gasteiger partial charge in [-0.15, -0.1) is 0 Å². The van der Waals surface area contributed by atoms with E-state index in [2.05, 4.69) is 15.9 Å². The highest BCUT2D eigenvalue weighted by Crippen LogP contribution is 2.34. The van der Waals surface area contributed by atoms with E-state index in [0.29, 0.717) is 5.75 Å². The van der Waals surface area contributed by atoms with Crippen molar-refractivity contribution in [3.63, 3.8) is 0 Å². The van der Waals surface area contributed by atoms with Crippen LogP contribution in [-0.4, -0.2) is 0 Å². The van der Waals surface area contributed by atoms with Crippen LogP contribution >= 0.6 is 15.9 Å². The highest BCUT2D eigenvalue weighted by molar-refractivity contribution is 9.10. The van der Waals surface area contributed by atoms with Crippen molar-refractivity contribution in [3.05, 3.63) is 52.0 Å². The summed E-state index contributed by atoms with van der Waals surface area (Å²) in [6.07, 6.45) is 0. The molecule has 2 aromatic carbocycles.